The second kappa shape index (κ2) is 3.18. The summed E-state index contributed by atoms with van der Waals surface area (Å²) in [6.07, 6.45) is 0. The number of hydrogen-bond acceptors (Lipinski definition) is 1. The molecule has 12 heavy (non-hydrogen) atoms. The Morgan fingerprint density at radius 1 is 0.917 bits per heavy atom. The van der Waals surface area contributed by atoms with E-state index in [0.29, 0.717) is 0 Å². The van der Waals surface area contributed by atoms with Gasteiger partial charge in [-0.2, -0.15) is 0 Å². The monoisotopic (exact) mass is 163 g/mol. The standard InChI is InChI=1S/C11H17N/c1-8-6-9(2)11(12(4)5)10(3)7-8/h6-7H,1-5H3. The van der Waals surface area contributed by atoms with Gasteiger partial charge in [0.1, 0.15) is 0 Å². The van der Waals surface area contributed by atoms with Crippen LogP contribution in [0.4, 0.5) is 5.69 Å². The van der Waals surface area contributed by atoms with Crippen LogP contribution in [0.25, 0.3) is 0 Å². The predicted octanol–water partition coefficient (Wildman–Crippen LogP) is 2.68. The fraction of sp³-hybridized carbons (Fsp3) is 0.455. The molecular weight excluding hydrogens is 146 g/mol. The van der Waals surface area contributed by atoms with Gasteiger partial charge in [0.2, 0.25) is 0 Å². The first-order chi connectivity index (χ1) is 5.52. The fourth-order valence-corrected chi connectivity index (χ4v) is 1.88. The molecule has 66 valence electrons. The number of nitrogens with zero attached hydrogens (tertiary/aromatic N) is 1. The van der Waals surface area contributed by atoms with Gasteiger partial charge in [0.05, 0.1) is 0 Å². The third-order valence-corrected chi connectivity index (χ3v) is 2.08. The highest BCUT2D eigenvalue weighted by Gasteiger charge is 2.04. The molecule has 1 nitrogen and oxygen atoms in total. The van der Waals surface area contributed by atoms with Crippen LogP contribution in [0.1, 0.15) is 16.7 Å². The first-order valence-electron chi connectivity index (χ1n) is 4.27. The van der Waals surface area contributed by atoms with Crippen LogP contribution in [-0.2, 0) is 0 Å². The van der Waals surface area contributed by atoms with E-state index in [0.717, 1.165) is 0 Å². The van der Waals surface area contributed by atoms with Crippen molar-refractivity contribution < 1.29 is 0 Å². The fourth-order valence-electron chi connectivity index (χ4n) is 1.88. The maximum absolute atomic E-state index is 2.22. The Bertz CT molecular complexity index is 264. The van der Waals surface area contributed by atoms with E-state index in [1.54, 1.807) is 0 Å². The van der Waals surface area contributed by atoms with Gasteiger partial charge in [-0.3, -0.25) is 0 Å². The largest absolute Gasteiger partial charge is 0.377 e. The number of hydrogen-bond donors (Lipinski definition) is 0. The van der Waals surface area contributed by atoms with Crippen molar-refractivity contribution in [1.82, 2.24) is 0 Å². The van der Waals surface area contributed by atoms with Crippen LogP contribution in [0.5, 0.6) is 0 Å². The van der Waals surface area contributed by atoms with Crippen molar-refractivity contribution in [3.8, 4) is 0 Å². The first-order valence-corrected chi connectivity index (χ1v) is 4.27. The zero-order chi connectivity index (χ0) is 9.30. The third kappa shape index (κ3) is 1.60. The smallest absolute Gasteiger partial charge is 0.0420 e. The topological polar surface area (TPSA) is 3.24 Å². The normalized spacial score (nSPS) is 10.1. The summed E-state index contributed by atoms with van der Waals surface area (Å²) in [7, 11) is 4.18. The SMILES string of the molecule is Cc1cc(C)c(N(C)C)c(C)c1. The van der Waals surface area contributed by atoms with E-state index in [1.807, 2.05) is 0 Å². The minimum Gasteiger partial charge on any atom is -0.377 e. The Balaban J connectivity index is 3.28. The van der Waals surface area contributed by atoms with Gasteiger partial charge < -0.3 is 4.90 Å². The Morgan fingerprint density at radius 2 is 1.33 bits per heavy atom. The second-order valence-electron chi connectivity index (χ2n) is 3.64. The zero-order valence-electron chi connectivity index (χ0n) is 8.60. The lowest BCUT2D eigenvalue weighted by molar-refractivity contribution is 1.09. The summed E-state index contributed by atoms with van der Waals surface area (Å²) >= 11 is 0. The van der Waals surface area contributed by atoms with Crippen molar-refractivity contribution in [2.75, 3.05) is 19.0 Å². The quantitative estimate of drug-likeness (QED) is 0.615. The summed E-state index contributed by atoms with van der Waals surface area (Å²) in [5, 5.41) is 0. The summed E-state index contributed by atoms with van der Waals surface area (Å²) in [6, 6.07) is 4.45. The molecule has 1 heteroatoms. The molecule has 1 aromatic rings. The van der Waals surface area contributed by atoms with E-state index in [9.17, 15) is 0 Å². The van der Waals surface area contributed by atoms with Crippen LogP contribution in [-0.4, -0.2) is 14.1 Å². The van der Waals surface area contributed by atoms with E-state index < -0.39 is 0 Å². The van der Waals surface area contributed by atoms with E-state index in [2.05, 4.69) is 51.9 Å². The highest BCUT2D eigenvalue weighted by molar-refractivity contribution is 5.59. The Kier molecular flexibility index (Phi) is 2.41. The highest BCUT2D eigenvalue weighted by atomic mass is 15.1. The molecule has 1 aromatic carbocycles. The van der Waals surface area contributed by atoms with Crippen LogP contribution in [0, 0.1) is 20.8 Å². The van der Waals surface area contributed by atoms with Crippen molar-refractivity contribution >= 4 is 5.69 Å². The number of rotatable bonds is 1. The molecule has 0 aromatic heterocycles. The maximum Gasteiger partial charge on any atom is 0.0420 e. The summed E-state index contributed by atoms with van der Waals surface area (Å²) in [5.74, 6) is 0. The molecule has 0 bridgehead atoms. The first kappa shape index (κ1) is 9.11. The van der Waals surface area contributed by atoms with E-state index in [-0.39, 0.29) is 0 Å². The number of aryl methyl sites for hydroxylation is 3. The Labute approximate surface area is 75.0 Å². The predicted molar refractivity (Wildman–Crippen MR) is 55.0 cm³/mol. The third-order valence-electron chi connectivity index (χ3n) is 2.08. The molecule has 0 spiro atoms. The average Bonchev–Trinajstić information content (AvgIpc) is 1.82. The van der Waals surface area contributed by atoms with Crippen molar-refractivity contribution in [2.45, 2.75) is 20.8 Å². The summed E-state index contributed by atoms with van der Waals surface area (Å²) in [5.41, 5.74) is 5.41. The van der Waals surface area contributed by atoms with E-state index >= 15 is 0 Å². The molecular formula is C11H17N. The summed E-state index contributed by atoms with van der Waals surface area (Å²) in [4.78, 5) is 2.17. The highest BCUT2D eigenvalue weighted by Crippen LogP contribution is 2.23. The van der Waals surface area contributed by atoms with Crippen molar-refractivity contribution in [3.63, 3.8) is 0 Å². The van der Waals surface area contributed by atoms with Crippen molar-refractivity contribution in [1.29, 1.82) is 0 Å². The van der Waals surface area contributed by atoms with Gasteiger partial charge in [0, 0.05) is 19.8 Å². The molecule has 0 fully saturated rings. The van der Waals surface area contributed by atoms with Gasteiger partial charge in [0.25, 0.3) is 0 Å². The van der Waals surface area contributed by atoms with Gasteiger partial charge in [-0.1, -0.05) is 17.7 Å². The van der Waals surface area contributed by atoms with Gasteiger partial charge in [-0.15, -0.1) is 0 Å². The molecule has 0 aliphatic carbocycles. The van der Waals surface area contributed by atoms with Crippen LogP contribution < -0.4 is 4.90 Å². The molecule has 0 unspecified atom stereocenters. The van der Waals surface area contributed by atoms with Crippen LogP contribution in [0.3, 0.4) is 0 Å². The Morgan fingerprint density at radius 3 is 1.67 bits per heavy atom. The molecule has 0 radical (unpaired) electrons. The second-order valence-corrected chi connectivity index (χ2v) is 3.64. The lowest BCUT2D eigenvalue weighted by Gasteiger charge is -2.19. The zero-order valence-corrected chi connectivity index (χ0v) is 8.60. The van der Waals surface area contributed by atoms with Crippen molar-refractivity contribution in [2.24, 2.45) is 0 Å². The van der Waals surface area contributed by atoms with Gasteiger partial charge in [0.15, 0.2) is 0 Å². The molecule has 0 saturated carbocycles. The van der Waals surface area contributed by atoms with Crippen LogP contribution in [0.15, 0.2) is 12.1 Å². The molecule has 0 aliphatic heterocycles. The van der Waals surface area contributed by atoms with Crippen LogP contribution >= 0.6 is 0 Å². The van der Waals surface area contributed by atoms with Gasteiger partial charge in [-0.05, 0) is 31.9 Å². The molecule has 0 heterocycles. The van der Waals surface area contributed by atoms with Gasteiger partial charge in [-0.25, -0.2) is 0 Å². The minimum absolute atomic E-state index is 1.34. The lowest BCUT2D eigenvalue weighted by Crippen LogP contribution is -2.12. The number of benzene rings is 1. The molecule has 0 aliphatic rings. The van der Waals surface area contributed by atoms with Gasteiger partial charge >= 0.3 is 0 Å². The number of anilines is 1. The lowest BCUT2D eigenvalue weighted by atomic mass is 10.0. The maximum atomic E-state index is 2.22. The summed E-state index contributed by atoms with van der Waals surface area (Å²) in [6.45, 7) is 6.46. The molecule has 1 rings (SSSR count). The average molecular weight is 163 g/mol. The van der Waals surface area contributed by atoms with Crippen molar-refractivity contribution in [3.05, 3.63) is 28.8 Å². The van der Waals surface area contributed by atoms with Crippen LogP contribution in [0.2, 0.25) is 0 Å². The minimum atomic E-state index is 1.34. The molecule has 0 saturated heterocycles. The van der Waals surface area contributed by atoms with E-state index in [4.69, 9.17) is 0 Å². The molecule has 0 amide bonds. The van der Waals surface area contributed by atoms with E-state index in [1.165, 1.54) is 22.4 Å². The molecule has 0 atom stereocenters. The Hall–Kier alpha value is -0.980. The molecule has 0 N–H and O–H groups in total. The summed E-state index contributed by atoms with van der Waals surface area (Å²) < 4.78 is 0.